The highest BCUT2D eigenvalue weighted by Gasteiger charge is 2.13. The Kier molecular flexibility index (Phi) is 3.44. The summed E-state index contributed by atoms with van der Waals surface area (Å²) < 4.78 is 26.1. The van der Waals surface area contributed by atoms with E-state index < -0.39 is 6.43 Å². The summed E-state index contributed by atoms with van der Waals surface area (Å²) in [4.78, 5) is 0. The topological polar surface area (TPSA) is 38.0 Å². The van der Waals surface area contributed by atoms with Crippen molar-refractivity contribution in [1.29, 1.82) is 0 Å². The summed E-state index contributed by atoms with van der Waals surface area (Å²) in [5, 5.41) is 5.20. The third-order valence-corrected chi connectivity index (χ3v) is 3.34. The van der Waals surface area contributed by atoms with E-state index in [4.69, 9.17) is 5.73 Å². The van der Waals surface area contributed by atoms with Crippen LogP contribution < -0.4 is 11.1 Å². The summed E-state index contributed by atoms with van der Waals surface area (Å²) in [6, 6.07) is 18.1. The maximum absolute atomic E-state index is 13.1. The van der Waals surface area contributed by atoms with Crippen LogP contribution in [0.1, 0.15) is 12.0 Å². The van der Waals surface area contributed by atoms with E-state index in [1.54, 1.807) is 12.1 Å². The largest absolute Gasteiger partial charge is 0.399 e. The number of hydrogen-bond donors (Lipinski definition) is 2. The number of fused-ring (bicyclic) bond motifs is 1. The molecule has 0 aliphatic rings. The number of anilines is 3. The molecule has 0 aliphatic carbocycles. The van der Waals surface area contributed by atoms with Gasteiger partial charge in [0.25, 0.3) is 6.43 Å². The van der Waals surface area contributed by atoms with Gasteiger partial charge in [-0.1, -0.05) is 30.3 Å². The van der Waals surface area contributed by atoms with E-state index in [9.17, 15) is 8.78 Å². The van der Waals surface area contributed by atoms with E-state index in [2.05, 4.69) is 5.32 Å². The molecule has 0 amide bonds. The van der Waals surface area contributed by atoms with Crippen LogP contribution in [0.2, 0.25) is 0 Å². The molecular weight excluding hydrogens is 270 g/mol. The molecule has 3 aromatic carbocycles. The van der Waals surface area contributed by atoms with Gasteiger partial charge in [0.05, 0.1) is 0 Å². The first-order chi connectivity index (χ1) is 10.1. The lowest BCUT2D eigenvalue weighted by molar-refractivity contribution is 0.152. The van der Waals surface area contributed by atoms with Gasteiger partial charge in [-0.15, -0.1) is 0 Å². The van der Waals surface area contributed by atoms with Crippen molar-refractivity contribution in [3.8, 4) is 0 Å². The SMILES string of the molecule is Nc1ccc(Nc2ccc3ccccc3c2)c(C(F)F)c1. The van der Waals surface area contributed by atoms with Gasteiger partial charge in [-0.25, -0.2) is 8.78 Å². The Hall–Kier alpha value is -2.62. The molecule has 21 heavy (non-hydrogen) atoms. The van der Waals surface area contributed by atoms with Gasteiger partial charge in [-0.2, -0.15) is 0 Å². The van der Waals surface area contributed by atoms with Crippen LogP contribution in [0.5, 0.6) is 0 Å². The highest BCUT2D eigenvalue weighted by atomic mass is 19.3. The van der Waals surface area contributed by atoms with Crippen molar-refractivity contribution in [3.05, 3.63) is 66.2 Å². The standard InChI is InChI=1S/C17H14F2N2/c18-17(19)15-10-13(20)6-8-16(15)21-14-7-5-11-3-1-2-4-12(11)9-14/h1-10,17,21H,20H2. The van der Waals surface area contributed by atoms with E-state index in [0.29, 0.717) is 11.4 Å². The zero-order valence-corrected chi connectivity index (χ0v) is 11.2. The summed E-state index contributed by atoms with van der Waals surface area (Å²) in [5.41, 5.74) is 6.94. The summed E-state index contributed by atoms with van der Waals surface area (Å²) in [7, 11) is 0. The number of halogens is 2. The van der Waals surface area contributed by atoms with Crippen LogP contribution in [0.4, 0.5) is 25.8 Å². The molecule has 0 aromatic heterocycles. The maximum atomic E-state index is 13.1. The van der Waals surface area contributed by atoms with Crippen molar-refractivity contribution in [2.45, 2.75) is 6.43 Å². The van der Waals surface area contributed by atoms with Gasteiger partial charge >= 0.3 is 0 Å². The van der Waals surface area contributed by atoms with Crippen molar-refractivity contribution in [2.24, 2.45) is 0 Å². The molecule has 2 nitrogen and oxygen atoms in total. The number of rotatable bonds is 3. The Labute approximate surface area is 121 Å². The van der Waals surface area contributed by atoms with Crippen molar-refractivity contribution in [3.63, 3.8) is 0 Å². The molecule has 106 valence electrons. The maximum Gasteiger partial charge on any atom is 0.265 e. The normalized spacial score (nSPS) is 11.0. The number of nitrogens with two attached hydrogens (primary N) is 1. The Bertz CT molecular complexity index is 785. The molecule has 0 fully saturated rings. The third kappa shape index (κ3) is 2.79. The van der Waals surface area contributed by atoms with E-state index in [0.717, 1.165) is 16.5 Å². The minimum Gasteiger partial charge on any atom is -0.399 e. The molecule has 0 atom stereocenters. The predicted octanol–water partition coefficient (Wildman–Crippen LogP) is 5.10. The summed E-state index contributed by atoms with van der Waals surface area (Å²) in [6.45, 7) is 0. The van der Waals surface area contributed by atoms with Gasteiger partial charge in [0.15, 0.2) is 0 Å². The Balaban J connectivity index is 1.98. The number of alkyl halides is 2. The van der Waals surface area contributed by atoms with E-state index >= 15 is 0 Å². The van der Waals surface area contributed by atoms with Crippen molar-refractivity contribution in [2.75, 3.05) is 11.1 Å². The van der Waals surface area contributed by atoms with Crippen LogP contribution in [-0.2, 0) is 0 Å². The van der Waals surface area contributed by atoms with Crippen LogP contribution in [-0.4, -0.2) is 0 Å². The Morgan fingerprint density at radius 1 is 0.857 bits per heavy atom. The van der Waals surface area contributed by atoms with E-state index in [1.807, 2.05) is 42.5 Å². The molecule has 3 rings (SSSR count). The van der Waals surface area contributed by atoms with Crippen LogP contribution in [0.3, 0.4) is 0 Å². The average molecular weight is 284 g/mol. The number of hydrogen-bond acceptors (Lipinski definition) is 2. The third-order valence-electron chi connectivity index (χ3n) is 3.34. The van der Waals surface area contributed by atoms with Crippen molar-refractivity contribution >= 4 is 27.8 Å². The van der Waals surface area contributed by atoms with Crippen LogP contribution in [0, 0.1) is 0 Å². The summed E-state index contributed by atoms with van der Waals surface area (Å²) in [6.07, 6.45) is -2.57. The smallest absolute Gasteiger partial charge is 0.265 e. The molecule has 0 saturated heterocycles. The van der Waals surface area contributed by atoms with Crippen molar-refractivity contribution < 1.29 is 8.78 Å². The molecule has 3 aromatic rings. The first-order valence-corrected chi connectivity index (χ1v) is 6.57. The van der Waals surface area contributed by atoms with Gasteiger partial charge < -0.3 is 11.1 Å². The zero-order valence-electron chi connectivity index (χ0n) is 11.2. The first-order valence-electron chi connectivity index (χ1n) is 6.57. The fourth-order valence-corrected chi connectivity index (χ4v) is 2.30. The lowest BCUT2D eigenvalue weighted by Gasteiger charge is -2.13. The Morgan fingerprint density at radius 3 is 2.38 bits per heavy atom. The zero-order chi connectivity index (χ0) is 14.8. The average Bonchev–Trinajstić information content (AvgIpc) is 2.49. The number of nitrogens with one attached hydrogen (secondary N) is 1. The lowest BCUT2D eigenvalue weighted by atomic mass is 10.1. The molecule has 0 aliphatic heterocycles. The Morgan fingerprint density at radius 2 is 1.62 bits per heavy atom. The molecule has 0 heterocycles. The van der Waals surface area contributed by atoms with Crippen LogP contribution >= 0.6 is 0 Å². The molecule has 0 saturated carbocycles. The molecule has 0 unspecified atom stereocenters. The molecule has 0 radical (unpaired) electrons. The minimum atomic E-state index is -2.57. The molecular formula is C17H14F2N2. The second-order valence-corrected chi connectivity index (χ2v) is 4.83. The quantitative estimate of drug-likeness (QED) is 0.656. The second-order valence-electron chi connectivity index (χ2n) is 4.83. The summed E-state index contributed by atoms with van der Waals surface area (Å²) >= 11 is 0. The molecule has 4 heteroatoms. The molecule has 3 N–H and O–H groups in total. The van der Waals surface area contributed by atoms with Crippen LogP contribution in [0.25, 0.3) is 10.8 Å². The van der Waals surface area contributed by atoms with E-state index in [-0.39, 0.29) is 5.56 Å². The van der Waals surface area contributed by atoms with Gasteiger partial charge in [0, 0.05) is 22.6 Å². The molecule has 0 spiro atoms. The monoisotopic (exact) mass is 284 g/mol. The highest BCUT2D eigenvalue weighted by molar-refractivity contribution is 5.86. The van der Waals surface area contributed by atoms with Gasteiger partial charge in [-0.3, -0.25) is 0 Å². The number of nitrogen functional groups attached to an aromatic ring is 1. The predicted molar refractivity (Wildman–Crippen MR) is 83.0 cm³/mol. The van der Waals surface area contributed by atoms with Gasteiger partial charge in [0.1, 0.15) is 0 Å². The van der Waals surface area contributed by atoms with E-state index in [1.165, 1.54) is 6.07 Å². The fourth-order valence-electron chi connectivity index (χ4n) is 2.30. The first kappa shape index (κ1) is 13.4. The van der Waals surface area contributed by atoms with Gasteiger partial charge in [-0.05, 0) is 41.1 Å². The minimum absolute atomic E-state index is 0.0943. The molecule has 0 bridgehead atoms. The summed E-state index contributed by atoms with van der Waals surface area (Å²) in [5.74, 6) is 0. The fraction of sp³-hybridized carbons (Fsp3) is 0.0588. The highest BCUT2D eigenvalue weighted by Crippen LogP contribution is 2.31. The second kappa shape index (κ2) is 5.40. The van der Waals surface area contributed by atoms with Crippen molar-refractivity contribution in [1.82, 2.24) is 0 Å². The van der Waals surface area contributed by atoms with Gasteiger partial charge in [0.2, 0.25) is 0 Å². The lowest BCUT2D eigenvalue weighted by Crippen LogP contribution is -1.98. The van der Waals surface area contributed by atoms with Crippen LogP contribution in [0.15, 0.2) is 60.7 Å². The number of benzene rings is 3.